The summed E-state index contributed by atoms with van der Waals surface area (Å²) in [7, 11) is 0. The van der Waals surface area contributed by atoms with Gasteiger partial charge in [-0.05, 0) is 19.3 Å². The fourth-order valence-electron chi connectivity index (χ4n) is 2.08. The van der Waals surface area contributed by atoms with E-state index in [1.165, 1.54) is 6.26 Å². The molecule has 1 aliphatic carbocycles. The molecule has 0 aromatic rings. The Morgan fingerprint density at radius 3 is 2.76 bits per heavy atom. The van der Waals surface area contributed by atoms with E-state index in [1.807, 2.05) is 0 Å². The number of ether oxygens (including phenoxy) is 2. The van der Waals surface area contributed by atoms with Crippen LogP contribution < -0.4 is 5.32 Å². The molecular formula is C11H15NO5. The molecule has 6 heteroatoms. The summed E-state index contributed by atoms with van der Waals surface area (Å²) in [5.74, 6) is -1.31. The molecule has 0 spiro atoms. The van der Waals surface area contributed by atoms with Crippen molar-refractivity contribution in [2.45, 2.75) is 25.3 Å². The zero-order chi connectivity index (χ0) is 12.3. The second kappa shape index (κ2) is 5.07. The molecular weight excluding hydrogens is 226 g/mol. The van der Waals surface area contributed by atoms with Crippen LogP contribution in [0.4, 0.5) is 0 Å². The Labute approximate surface area is 98.6 Å². The lowest BCUT2D eigenvalue weighted by Gasteiger charge is -2.17. The van der Waals surface area contributed by atoms with Gasteiger partial charge < -0.3 is 19.9 Å². The largest absolute Gasteiger partial charge is 0.494 e. The van der Waals surface area contributed by atoms with Gasteiger partial charge in [0.1, 0.15) is 19.5 Å². The Morgan fingerprint density at radius 1 is 1.35 bits per heavy atom. The van der Waals surface area contributed by atoms with E-state index in [2.05, 4.69) is 5.32 Å². The first-order valence-corrected chi connectivity index (χ1v) is 5.65. The van der Waals surface area contributed by atoms with Crippen molar-refractivity contribution >= 4 is 11.9 Å². The van der Waals surface area contributed by atoms with Gasteiger partial charge in [-0.1, -0.05) is 0 Å². The quantitative estimate of drug-likeness (QED) is 0.739. The highest BCUT2D eigenvalue weighted by Gasteiger charge is 2.31. The average molecular weight is 241 g/mol. The van der Waals surface area contributed by atoms with Crippen molar-refractivity contribution in [1.29, 1.82) is 0 Å². The maximum Gasteiger partial charge on any atom is 0.306 e. The molecule has 17 heavy (non-hydrogen) atoms. The second-order valence-electron chi connectivity index (χ2n) is 4.22. The summed E-state index contributed by atoms with van der Waals surface area (Å²) >= 11 is 0. The number of nitrogens with one attached hydrogen (secondary N) is 1. The van der Waals surface area contributed by atoms with Crippen LogP contribution >= 0.6 is 0 Å². The molecule has 0 radical (unpaired) electrons. The van der Waals surface area contributed by atoms with Gasteiger partial charge in [-0.15, -0.1) is 0 Å². The van der Waals surface area contributed by atoms with Gasteiger partial charge in [-0.3, -0.25) is 9.59 Å². The molecule has 0 bridgehead atoms. The summed E-state index contributed by atoms with van der Waals surface area (Å²) in [5.41, 5.74) is 0. The molecule has 2 aliphatic rings. The summed E-state index contributed by atoms with van der Waals surface area (Å²) in [6.45, 7) is 0.808. The SMILES string of the molecule is O=C(NC1CCC(C(=O)O)C1)C1=COCCO1. The van der Waals surface area contributed by atoms with Gasteiger partial charge in [0.15, 0.2) is 0 Å². The number of carboxylic acid groups (broad SMARTS) is 1. The summed E-state index contributed by atoms with van der Waals surface area (Å²) in [6.07, 6.45) is 3.07. The first-order chi connectivity index (χ1) is 8.16. The van der Waals surface area contributed by atoms with Crippen LogP contribution in [0.5, 0.6) is 0 Å². The average Bonchev–Trinajstić information content (AvgIpc) is 2.79. The summed E-state index contributed by atoms with van der Waals surface area (Å²) in [4.78, 5) is 22.5. The van der Waals surface area contributed by atoms with E-state index >= 15 is 0 Å². The van der Waals surface area contributed by atoms with Crippen molar-refractivity contribution in [2.75, 3.05) is 13.2 Å². The molecule has 0 aromatic heterocycles. The third-order valence-corrected chi connectivity index (χ3v) is 2.99. The molecule has 1 fully saturated rings. The molecule has 2 atom stereocenters. The highest BCUT2D eigenvalue weighted by molar-refractivity contribution is 5.91. The minimum absolute atomic E-state index is 0.0879. The number of rotatable bonds is 3. The van der Waals surface area contributed by atoms with Crippen LogP contribution in [0.1, 0.15) is 19.3 Å². The lowest BCUT2D eigenvalue weighted by Crippen LogP contribution is -2.36. The van der Waals surface area contributed by atoms with E-state index in [1.54, 1.807) is 0 Å². The maximum absolute atomic E-state index is 11.7. The predicted molar refractivity (Wildman–Crippen MR) is 56.9 cm³/mol. The fourth-order valence-corrected chi connectivity index (χ4v) is 2.08. The summed E-state index contributed by atoms with van der Waals surface area (Å²) in [5, 5.41) is 11.6. The first kappa shape index (κ1) is 11.8. The van der Waals surface area contributed by atoms with Crippen molar-refractivity contribution in [1.82, 2.24) is 5.32 Å². The maximum atomic E-state index is 11.7. The zero-order valence-electron chi connectivity index (χ0n) is 9.35. The van der Waals surface area contributed by atoms with E-state index in [0.29, 0.717) is 32.5 Å². The van der Waals surface area contributed by atoms with E-state index in [9.17, 15) is 9.59 Å². The number of aliphatic carboxylic acids is 1. The van der Waals surface area contributed by atoms with Gasteiger partial charge in [-0.2, -0.15) is 0 Å². The molecule has 0 saturated heterocycles. The third-order valence-electron chi connectivity index (χ3n) is 2.99. The zero-order valence-corrected chi connectivity index (χ0v) is 9.35. The van der Waals surface area contributed by atoms with Crippen LogP contribution in [0.15, 0.2) is 12.0 Å². The van der Waals surface area contributed by atoms with E-state index in [4.69, 9.17) is 14.6 Å². The number of hydrogen-bond acceptors (Lipinski definition) is 4. The molecule has 1 saturated carbocycles. The van der Waals surface area contributed by atoms with Crippen LogP contribution in [0.2, 0.25) is 0 Å². The Balaban J connectivity index is 1.83. The molecule has 0 aromatic carbocycles. The van der Waals surface area contributed by atoms with Crippen molar-refractivity contribution in [2.24, 2.45) is 5.92 Å². The van der Waals surface area contributed by atoms with Gasteiger partial charge in [0.05, 0.1) is 5.92 Å². The number of carbonyl (C=O) groups excluding carboxylic acids is 1. The molecule has 1 heterocycles. The van der Waals surface area contributed by atoms with Crippen LogP contribution in [-0.4, -0.2) is 36.2 Å². The highest BCUT2D eigenvalue weighted by Crippen LogP contribution is 2.25. The molecule has 94 valence electrons. The minimum Gasteiger partial charge on any atom is -0.494 e. The first-order valence-electron chi connectivity index (χ1n) is 5.65. The normalized spacial score (nSPS) is 27.6. The van der Waals surface area contributed by atoms with Gasteiger partial charge in [0.25, 0.3) is 5.91 Å². The molecule has 2 unspecified atom stereocenters. The Bertz CT molecular complexity index is 352. The molecule has 2 rings (SSSR count). The lowest BCUT2D eigenvalue weighted by molar-refractivity contribution is -0.141. The fraction of sp³-hybridized carbons (Fsp3) is 0.636. The Hall–Kier alpha value is -1.72. The van der Waals surface area contributed by atoms with E-state index in [-0.39, 0.29) is 23.6 Å². The molecule has 1 amide bonds. The standard InChI is InChI=1S/C11H15NO5/c13-10(9-6-16-3-4-17-9)12-8-2-1-7(5-8)11(14)15/h6-8H,1-5H2,(H,12,13)(H,14,15). The van der Waals surface area contributed by atoms with Crippen molar-refractivity contribution in [3.63, 3.8) is 0 Å². The van der Waals surface area contributed by atoms with Crippen molar-refractivity contribution in [3.8, 4) is 0 Å². The molecule has 6 nitrogen and oxygen atoms in total. The van der Waals surface area contributed by atoms with Crippen molar-refractivity contribution in [3.05, 3.63) is 12.0 Å². The lowest BCUT2D eigenvalue weighted by atomic mass is 10.1. The third kappa shape index (κ3) is 2.89. The van der Waals surface area contributed by atoms with Crippen LogP contribution in [0.3, 0.4) is 0 Å². The van der Waals surface area contributed by atoms with E-state index in [0.717, 1.165) is 0 Å². The number of hydrogen-bond donors (Lipinski definition) is 2. The molecule has 1 aliphatic heterocycles. The van der Waals surface area contributed by atoms with Crippen LogP contribution in [0, 0.1) is 5.92 Å². The predicted octanol–water partition coefficient (Wildman–Crippen LogP) is 0.244. The highest BCUT2D eigenvalue weighted by atomic mass is 16.6. The van der Waals surface area contributed by atoms with E-state index < -0.39 is 5.97 Å². The van der Waals surface area contributed by atoms with Crippen LogP contribution in [0.25, 0.3) is 0 Å². The number of carboxylic acids is 1. The monoisotopic (exact) mass is 241 g/mol. The number of carbonyl (C=O) groups is 2. The minimum atomic E-state index is -0.793. The number of amides is 1. The summed E-state index contributed by atoms with van der Waals surface area (Å²) in [6, 6.07) is -0.0879. The Morgan fingerprint density at radius 2 is 2.18 bits per heavy atom. The van der Waals surface area contributed by atoms with Crippen LogP contribution in [-0.2, 0) is 19.1 Å². The topological polar surface area (TPSA) is 84.9 Å². The molecule has 2 N–H and O–H groups in total. The van der Waals surface area contributed by atoms with Gasteiger partial charge in [-0.25, -0.2) is 0 Å². The van der Waals surface area contributed by atoms with Crippen molar-refractivity contribution < 1.29 is 24.2 Å². The Kier molecular flexibility index (Phi) is 3.51. The second-order valence-corrected chi connectivity index (χ2v) is 4.22. The summed E-state index contributed by atoms with van der Waals surface area (Å²) < 4.78 is 10.1. The van der Waals surface area contributed by atoms with Gasteiger partial charge >= 0.3 is 5.97 Å². The van der Waals surface area contributed by atoms with Gasteiger partial charge in [0.2, 0.25) is 5.76 Å². The smallest absolute Gasteiger partial charge is 0.306 e. The van der Waals surface area contributed by atoms with Gasteiger partial charge in [0, 0.05) is 6.04 Å².